The van der Waals surface area contributed by atoms with Crippen molar-refractivity contribution in [3.63, 3.8) is 0 Å². The second kappa shape index (κ2) is 5.04. The van der Waals surface area contributed by atoms with Crippen LogP contribution in [0, 0.1) is 11.3 Å². The zero-order valence-electron chi connectivity index (χ0n) is 12.2. The molecule has 5 heteroatoms. The van der Waals surface area contributed by atoms with Crippen molar-refractivity contribution >= 4 is 22.9 Å². The summed E-state index contributed by atoms with van der Waals surface area (Å²) in [5, 5.41) is 10.2. The molecule has 2 N–H and O–H groups in total. The largest absolute Gasteiger partial charge is 0.482 e. The Bertz CT molecular complexity index is 817. The zero-order valence-corrected chi connectivity index (χ0v) is 13.0. The number of rotatable bonds is 1. The Kier molecular flexibility index (Phi) is 3.31. The predicted octanol–water partition coefficient (Wildman–Crippen LogP) is 3.81. The molecule has 4 nitrogen and oxygen atoms in total. The monoisotopic (exact) mass is 311 g/mol. The summed E-state index contributed by atoms with van der Waals surface area (Å²) in [6, 6.07) is 11.2. The van der Waals surface area contributed by atoms with Crippen molar-refractivity contribution in [2.24, 2.45) is 0 Å². The zero-order chi connectivity index (χ0) is 15.9. The first-order valence-electron chi connectivity index (χ1n) is 6.78. The quantitative estimate of drug-likeness (QED) is 0.813. The number of benzene rings is 1. The highest BCUT2D eigenvalue weighted by Crippen LogP contribution is 2.43. The van der Waals surface area contributed by atoms with Gasteiger partial charge in [-0.25, -0.2) is 0 Å². The number of aromatic nitrogens is 1. The molecule has 0 saturated heterocycles. The first-order valence-corrected chi connectivity index (χ1v) is 7.16. The minimum atomic E-state index is -0.758. The minimum absolute atomic E-state index is 0.527. The van der Waals surface area contributed by atoms with Crippen LogP contribution < -0.4 is 10.5 Å². The van der Waals surface area contributed by atoms with E-state index in [-0.39, 0.29) is 0 Å². The Morgan fingerprint density at radius 1 is 1.27 bits per heavy atom. The van der Waals surface area contributed by atoms with Gasteiger partial charge in [-0.15, -0.1) is 0 Å². The van der Waals surface area contributed by atoms with Gasteiger partial charge in [-0.2, -0.15) is 5.26 Å². The topological polar surface area (TPSA) is 71.9 Å². The summed E-state index contributed by atoms with van der Waals surface area (Å²) in [5.74, 6) is 0.649. The lowest BCUT2D eigenvalue weighted by molar-refractivity contribution is 0.149. The summed E-state index contributed by atoms with van der Waals surface area (Å²) in [6.45, 7) is 3.71. The molecule has 2 aromatic rings. The van der Waals surface area contributed by atoms with Gasteiger partial charge in [-0.1, -0.05) is 11.6 Å². The molecule has 2 heterocycles. The Balaban J connectivity index is 2.33. The van der Waals surface area contributed by atoms with Gasteiger partial charge in [0.05, 0.1) is 22.4 Å². The van der Waals surface area contributed by atoms with Gasteiger partial charge in [-0.3, -0.25) is 4.98 Å². The summed E-state index contributed by atoms with van der Waals surface area (Å²) in [5.41, 5.74) is 8.47. The molecule has 0 bridgehead atoms. The molecule has 1 aromatic carbocycles. The van der Waals surface area contributed by atoms with Crippen molar-refractivity contribution in [3.05, 3.63) is 58.4 Å². The highest BCUT2D eigenvalue weighted by atomic mass is 35.5. The van der Waals surface area contributed by atoms with Gasteiger partial charge in [0, 0.05) is 29.1 Å². The van der Waals surface area contributed by atoms with Gasteiger partial charge < -0.3 is 10.5 Å². The third-order valence-electron chi connectivity index (χ3n) is 3.59. The number of nitrogens with two attached hydrogens (primary N) is 1. The average Bonchev–Trinajstić information content (AvgIpc) is 2.45. The summed E-state index contributed by atoms with van der Waals surface area (Å²) in [7, 11) is 0. The van der Waals surface area contributed by atoms with Crippen LogP contribution in [0.4, 0.5) is 5.69 Å². The number of hydrogen-bond donors (Lipinski definition) is 1. The number of anilines is 1. The Hall–Kier alpha value is -2.51. The number of ether oxygens (including phenoxy) is 1. The van der Waals surface area contributed by atoms with Crippen LogP contribution in [0.25, 0.3) is 5.57 Å². The molecule has 110 valence electrons. The van der Waals surface area contributed by atoms with Crippen LogP contribution in [-0.4, -0.2) is 10.6 Å². The predicted molar refractivity (Wildman–Crippen MR) is 86.4 cm³/mol. The second-order valence-electron chi connectivity index (χ2n) is 5.59. The molecule has 0 amide bonds. The van der Waals surface area contributed by atoms with E-state index in [1.54, 1.807) is 30.5 Å². The van der Waals surface area contributed by atoms with Crippen LogP contribution in [-0.2, 0) is 0 Å². The number of fused-ring (bicyclic) bond motifs is 1. The maximum Gasteiger partial charge on any atom is 0.139 e. The van der Waals surface area contributed by atoms with E-state index >= 15 is 0 Å². The van der Waals surface area contributed by atoms with Crippen LogP contribution in [0.1, 0.15) is 25.1 Å². The molecule has 0 atom stereocenters. The molecule has 3 rings (SSSR count). The fourth-order valence-corrected chi connectivity index (χ4v) is 2.68. The molecular weight excluding hydrogens is 298 g/mol. The number of halogens is 1. The van der Waals surface area contributed by atoms with E-state index in [1.165, 1.54) is 0 Å². The summed E-state index contributed by atoms with van der Waals surface area (Å²) >= 11 is 5.91. The van der Waals surface area contributed by atoms with Crippen molar-refractivity contribution in [3.8, 4) is 11.8 Å². The average molecular weight is 312 g/mol. The lowest BCUT2D eigenvalue weighted by Crippen LogP contribution is -2.34. The van der Waals surface area contributed by atoms with Crippen LogP contribution in [0.5, 0.6) is 5.75 Å². The van der Waals surface area contributed by atoms with Crippen molar-refractivity contribution < 1.29 is 4.74 Å². The molecule has 22 heavy (non-hydrogen) atoms. The molecule has 0 fully saturated rings. The van der Waals surface area contributed by atoms with E-state index in [4.69, 9.17) is 22.1 Å². The van der Waals surface area contributed by atoms with Crippen molar-refractivity contribution in [1.82, 2.24) is 4.98 Å². The van der Waals surface area contributed by atoms with Gasteiger partial charge in [-0.05, 0) is 38.1 Å². The second-order valence-corrected chi connectivity index (χ2v) is 6.03. The van der Waals surface area contributed by atoms with Crippen LogP contribution in [0.2, 0.25) is 5.02 Å². The standard InChI is InChI=1S/C17H14ClN3O/c1-17(2)13(8-19)16(14-6-3-10(18)9-21-14)12-5-4-11(20)7-15(12)22-17/h3-7,9H,20H2,1-2H3. The highest BCUT2D eigenvalue weighted by Gasteiger charge is 2.36. The van der Waals surface area contributed by atoms with E-state index in [9.17, 15) is 5.26 Å². The molecule has 0 radical (unpaired) electrons. The molecule has 1 aliphatic rings. The number of nitrogen functional groups attached to an aromatic ring is 1. The van der Waals surface area contributed by atoms with E-state index in [1.807, 2.05) is 19.9 Å². The molecule has 1 aliphatic heterocycles. The maximum atomic E-state index is 9.63. The van der Waals surface area contributed by atoms with Gasteiger partial charge in [0.2, 0.25) is 0 Å². The number of hydrogen-bond acceptors (Lipinski definition) is 4. The lowest BCUT2D eigenvalue weighted by atomic mass is 9.85. The molecule has 1 aromatic heterocycles. The molecular formula is C17H14ClN3O. The Labute approximate surface area is 133 Å². The SMILES string of the molecule is CC1(C)Oc2cc(N)ccc2C(c2ccc(Cl)cn2)=C1C#N. The van der Waals surface area contributed by atoms with Crippen LogP contribution in [0.15, 0.2) is 42.1 Å². The van der Waals surface area contributed by atoms with Crippen LogP contribution in [0.3, 0.4) is 0 Å². The van der Waals surface area contributed by atoms with E-state index in [0.717, 1.165) is 11.1 Å². The molecule has 0 spiro atoms. The summed E-state index contributed by atoms with van der Waals surface area (Å²) in [4.78, 5) is 4.36. The molecule has 0 aliphatic carbocycles. The third-order valence-corrected chi connectivity index (χ3v) is 3.81. The van der Waals surface area contributed by atoms with Gasteiger partial charge in [0.1, 0.15) is 11.4 Å². The van der Waals surface area contributed by atoms with E-state index in [0.29, 0.717) is 27.7 Å². The third kappa shape index (κ3) is 2.30. The van der Waals surface area contributed by atoms with Gasteiger partial charge >= 0.3 is 0 Å². The molecule has 0 saturated carbocycles. The number of nitrogens with zero attached hydrogens (tertiary/aromatic N) is 2. The summed E-state index contributed by atoms with van der Waals surface area (Å²) in [6.07, 6.45) is 1.57. The normalized spacial score (nSPS) is 15.7. The maximum absolute atomic E-state index is 9.63. The number of pyridine rings is 1. The highest BCUT2D eigenvalue weighted by molar-refractivity contribution is 6.30. The van der Waals surface area contributed by atoms with E-state index in [2.05, 4.69) is 11.1 Å². The first-order chi connectivity index (χ1) is 10.4. The van der Waals surface area contributed by atoms with E-state index < -0.39 is 5.60 Å². The van der Waals surface area contributed by atoms with Crippen molar-refractivity contribution in [2.75, 3.05) is 5.73 Å². The number of nitriles is 1. The first kappa shape index (κ1) is 14.4. The minimum Gasteiger partial charge on any atom is -0.482 e. The van der Waals surface area contributed by atoms with Crippen LogP contribution >= 0.6 is 11.6 Å². The van der Waals surface area contributed by atoms with Gasteiger partial charge in [0.25, 0.3) is 0 Å². The van der Waals surface area contributed by atoms with Gasteiger partial charge in [0.15, 0.2) is 0 Å². The van der Waals surface area contributed by atoms with Crippen molar-refractivity contribution in [2.45, 2.75) is 19.4 Å². The van der Waals surface area contributed by atoms with Crippen molar-refractivity contribution in [1.29, 1.82) is 5.26 Å². The smallest absolute Gasteiger partial charge is 0.139 e. The summed E-state index contributed by atoms with van der Waals surface area (Å²) < 4.78 is 5.96. The Morgan fingerprint density at radius 3 is 2.68 bits per heavy atom. The fourth-order valence-electron chi connectivity index (χ4n) is 2.57. The molecule has 0 unspecified atom stereocenters. The Morgan fingerprint density at radius 2 is 2.05 bits per heavy atom. The fraction of sp³-hybridized carbons (Fsp3) is 0.176. The lowest BCUT2D eigenvalue weighted by Gasteiger charge is -2.34.